The van der Waals surface area contributed by atoms with E-state index in [4.69, 9.17) is 23.2 Å². The van der Waals surface area contributed by atoms with Gasteiger partial charge in [-0.15, -0.1) is 0 Å². The second-order valence-corrected chi connectivity index (χ2v) is 5.19. The summed E-state index contributed by atoms with van der Waals surface area (Å²) in [6.45, 7) is 1.64. The van der Waals surface area contributed by atoms with Crippen LogP contribution in [0, 0.1) is 6.92 Å². The molecule has 0 aliphatic rings. The molecule has 0 aliphatic carbocycles. The fraction of sp³-hybridized carbons (Fsp3) is 0.231. The molecule has 0 aliphatic heterocycles. The van der Waals surface area contributed by atoms with Crippen molar-refractivity contribution >= 4 is 23.2 Å². The van der Waals surface area contributed by atoms with Gasteiger partial charge < -0.3 is 5.11 Å². The topological polar surface area (TPSA) is 75.1 Å². The fourth-order valence-electron chi connectivity index (χ4n) is 1.82. The van der Waals surface area contributed by atoms with E-state index in [-0.39, 0.29) is 18.0 Å². The van der Waals surface area contributed by atoms with Crippen molar-refractivity contribution in [2.75, 3.05) is 0 Å². The van der Waals surface area contributed by atoms with Crippen molar-refractivity contribution in [1.29, 1.82) is 0 Å². The van der Waals surface area contributed by atoms with E-state index in [0.29, 0.717) is 16.5 Å². The molecule has 0 fully saturated rings. The van der Waals surface area contributed by atoms with Crippen LogP contribution in [0.1, 0.15) is 11.1 Å². The molecule has 0 bridgehead atoms. The zero-order valence-corrected chi connectivity index (χ0v) is 12.1. The molecular formula is C13H12Cl2N2O3. The molecule has 0 radical (unpaired) electrons. The van der Waals surface area contributed by atoms with Crippen LogP contribution in [0.2, 0.25) is 10.0 Å². The molecule has 2 N–H and O–H groups in total. The Balaban J connectivity index is 2.30. The quantitative estimate of drug-likeness (QED) is 0.911. The summed E-state index contributed by atoms with van der Waals surface area (Å²) in [5, 5.41) is 10.9. The average Bonchev–Trinajstić information content (AvgIpc) is 2.38. The number of halogens is 2. The molecular weight excluding hydrogens is 303 g/mol. The molecule has 2 rings (SSSR count). The summed E-state index contributed by atoms with van der Waals surface area (Å²) in [5.41, 5.74) is -0.338. The van der Waals surface area contributed by atoms with Gasteiger partial charge >= 0.3 is 5.69 Å². The molecule has 0 saturated heterocycles. The minimum Gasteiger partial charge on any atom is -0.494 e. The van der Waals surface area contributed by atoms with Crippen LogP contribution in [0.3, 0.4) is 0 Å². The Morgan fingerprint density at radius 1 is 1.30 bits per heavy atom. The first-order valence-electron chi connectivity index (χ1n) is 5.86. The van der Waals surface area contributed by atoms with Crippen molar-refractivity contribution in [1.82, 2.24) is 9.55 Å². The van der Waals surface area contributed by atoms with Gasteiger partial charge in [-0.3, -0.25) is 14.3 Å². The van der Waals surface area contributed by atoms with Crippen LogP contribution in [0.15, 0.2) is 27.8 Å². The smallest absolute Gasteiger partial charge is 0.331 e. The van der Waals surface area contributed by atoms with Crippen molar-refractivity contribution < 1.29 is 5.11 Å². The fourth-order valence-corrected chi connectivity index (χ4v) is 2.33. The predicted molar refractivity (Wildman–Crippen MR) is 77.9 cm³/mol. The molecule has 1 aromatic heterocycles. The lowest BCUT2D eigenvalue weighted by atomic mass is 10.1. The minimum absolute atomic E-state index is 0.104. The second-order valence-electron chi connectivity index (χ2n) is 4.35. The van der Waals surface area contributed by atoms with Gasteiger partial charge in [-0.1, -0.05) is 29.3 Å². The van der Waals surface area contributed by atoms with E-state index in [1.54, 1.807) is 18.2 Å². The molecule has 1 aromatic carbocycles. The summed E-state index contributed by atoms with van der Waals surface area (Å²) in [6.07, 6.45) is 0.426. The summed E-state index contributed by atoms with van der Waals surface area (Å²) in [5.74, 6) is -0.330. The molecule has 106 valence electrons. The molecule has 1 heterocycles. The lowest BCUT2D eigenvalue weighted by Crippen LogP contribution is -2.31. The first-order chi connectivity index (χ1) is 9.40. The Hall–Kier alpha value is -1.72. The van der Waals surface area contributed by atoms with Gasteiger partial charge in [0.15, 0.2) is 0 Å². The number of aryl methyl sites for hydroxylation is 1. The van der Waals surface area contributed by atoms with Crippen LogP contribution in [-0.2, 0) is 13.0 Å². The van der Waals surface area contributed by atoms with Crippen LogP contribution in [0.4, 0.5) is 0 Å². The van der Waals surface area contributed by atoms with Crippen molar-refractivity contribution in [2.45, 2.75) is 19.9 Å². The van der Waals surface area contributed by atoms with Gasteiger partial charge in [0, 0.05) is 16.6 Å². The highest BCUT2D eigenvalue weighted by Crippen LogP contribution is 2.22. The standard InChI is InChI=1S/C13H12Cl2N2O3/c1-7-11(18)16-13(20)17(12(7)19)5-4-8-2-3-9(14)6-10(8)15/h2-3,6,19H,4-5H2,1H3,(H,16,18,20). The maximum atomic E-state index is 11.7. The van der Waals surface area contributed by atoms with E-state index < -0.39 is 11.2 Å². The van der Waals surface area contributed by atoms with Crippen molar-refractivity contribution in [3.8, 4) is 5.88 Å². The molecule has 0 spiro atoms. The highest BCUT2D eigenvalue weighted by atomic mass is 35.5. The summed E-state index contributed by atoms with van der Waals surface area (Å²) < 4.78 is 1.10. The Morgan fingerprint density at radius 2 is 2.00 bits per heavy atom. The zero-order valence-electron chi connectivity index (χ0n) is 10.6. The lowest BCUT2D eigenvalue weighted by molar-refractivity contribution is 0.395. The SMILES string of the molecule is Cc1c(O)n(CCc2ccc(Cl)cc2Cl)c(=O)[nH]c1=O. The molecule has 7 heteroatoms. The summed E-state index contributed by atoms with van der Waals surface area (Å²) in [6, 6.07) is 5.06. The minimum atomic E-state index is -0.650. The monoisotopic (exact) mass is 314 g/mol. The van der Waals surface area contributed by atoms with Crippen LogP contribution >= 0.6 is 23.2 Å². The molecule has 2 aromatic rings. The van der Waals surface area contributed by atoms with E-state index in [2.05, 4.69) is 4.98 Å². The third kappa shape index (κ3) is 2.89. The first-order valence-corrected chi connectivity index (χ1v) is 6.62. The average molecular weight is 315 g/mol. The van der Waals surface area contributed by atoms with Gasteiger partial charge in [-0.2, -0.15) is 0 Å². The van der Waals surface area contributed by atoms with Gasteiger partial charge in [-0.05, 0) is 31.0 Å². The lowest BCUT2D eigenvalue weighted by Gasteiger charge is -2.10. The third-order valence-electron chi connectivity index (χ3n) is 3.02. The van der Waals surface area contributed by atoms with Gasteiger partial charge in [-0.25, -0.2) is 4.79 Å². The number of rotatable bonds is 3. The first kappa shape index (κ1) is 14.7. The highest BCUT2D eigenvalue weighted by molar-refractivity contribution is 6.35. The number of aromatic hydroxyl groups is 1. The normalized spacial score (nSPS) is 10.8. The number of benzene rings is 1. The predicted octanol–water partition coefficient (Wildman–Crippen LogP) is 2.10. The molecule has 0 atom stereocenters. The number of hydrogen-bond acceptors (Lipinski definition) is 3. The molecule has 0 amide bonds. The van der Waals surface area contributed by atoms with E-state index in [1.807, 2.05) is 0 Å². The summed E-state index contributed by atoms with van der Waals surface area (Å²) in [4.78, 5) is 25.1. The number of nitrogens with zero attached hydrogens (tertiary/aromatic N) is 1. The Morgan fingerprint density at radius 3 is 2.65 bits per heavy atom. The maximum Gasteiger partial charge on any atom is 0.331 e. The molecule has 20 heavy (non-hydrogen) atoms. The number of aromatic amines is 1. The summed E-state index contributed by atoms with van der Waals surface area (Å²) in [7, 11) is 0. The van der Waals surface area contributed by atoms with Crippen molar-refractivity contribution in [3.63, 3.8) is 0 Å². The number of hydrogen-bond donors (Lipinski definition) is 2. The number of H-pyrrole nitrogens is 1. The third-order valence-corrected chi connectivity index (χ3v) is 3.60. The largest absolute Gasteiger partial charge is 0.494 e. The van der Waals surface area contributed by atoms with E-state index in [0.717, 1.165) is 10.1 Å². The van der Waals surface area contributed by atoms with Gasteiger partial charge in [0.1, 0.15) is 0 Å². The maximum absolute atomic E-state index is 11.7. The number of aromatic nitrogens is 2. The van der Waals surface area contributed by atoms with Crippen LogP contribution in [-0.4, -0.2) is 14.7 Å². The van der Waals surface area contributed by atoms with Crippen molar-refractivity contribution in [3.05, 3.63) is 60.2 Å². The van der Waals surface area contributed by atoms with Gasteiger partial charge in [0.25, 0.3) is 5.56 Å². The van der Waals surface area contributed by atoms with Crippen LogP contribution < -0.4 is 11.2 Å². The van der Waals surface area contributed by atoms with Crippen LogP contribution in [0.25, 0.3) is 0 Å². The second kappa shape index (κ2) is 5.73. The Kier molecular flexibility index (Phi) is 4.20. The van der Waals surface area contributed by atoms with E-state index in [1.165, 1.54) is 6.92 Å². The molecule has 0 saturated carbocycles. The molecule has 0 unspecified atom stereocenters. The Labute approximate surface area is 124 Å². The number of nitrogens with one attached hydrogen (secondary N) is 1. The Bertz CT molecular complexity index is 765. The highest BCUT2D eigenvalue weighted by Gasteiger charge is 2.10. The summed E-state index contributed by atoms with van der Waals surface area (Å²) >= 11 is 11.8. The zero-order chi connectivity index (χ0) is 14.9. The van der Waals surface area contributed by atoms with E-state index >= 15 is 0 Å². The van der Waals surface area contributed by atoms with Gasteiger partial charge in [0.2, 0.25) is 5.88 Å². The van der Waals surface area contributed by atoms with Gasteiger partial charge in [0.05, 0.1) is 5.56 Å². The van der Waals surface area contributed by atoms with Crippen molar-refractivity contribution in [2.24, 2.45) is 0 Å². The molecule has 5 nitrogen and oxygen atoms in total. The van der Waals surface area contributed by atoms with E-state index in [9.17, 15) is 14.7 Å². The van der Waals surface area contributed by atoms with Crippen LogP contribution in [0.5, 0.6) is 5.88 Å².